The van der Waals surface area contributed by atoms with Crippen molar-refractivity contribution in [3.05, 3.63) is 66.2 Å². The molecule has 0 spiro atoms. The fourth-order valence-corrected chi connectivity index (χ4v) is 4.40. The van der Waals surface area contributed by atoms with Gasteiger partial charge in [-0.1, -0.05) is 54.5 Å². The molecule has 0 aliphatic carbocycles. The van der Waals surface area contributed by atoms with Crippen molar-refractivity contribution < 1.29 is 9.09 Å². The summed E-state index contributed by atoms with van der Waals surface area (Å²) >= 11 is 0. The molecule has 0 aliphatic rings. The van der Waals surface area contributed by atoms with E-state index < -0.39 is 13.2 Å². The summed E-state index contributed by atoms with van der Waals surface area (Å²) in [4.78, 5) is 0. The number of hydrogen-bond donors (Lipinski definition) is 1. The number of nitrogens with one attached hydrogen (secondary N) is 1. The van der Waals surface area contributed by atoms with Crippen LogP contribution in [0.2, 0.25) is 0 Å². The van der Waals surface area contributed by atoms with Gasteiger partial charge in [-0.05, 0) is 51.1 Å². The number of rotatable bonds is 6. The van der Waals surface area contributed by atoms with E-state index in [1.807, 2.05) is 88.4 Å². The summed E-state index contributed by atoms with van der Waals surface area (Å²) in [5.74, 6) is 2.58. The first-order valence-corrected chi connectivity index (χ1v) is 10.2. The van der Waals surface area contributed by atoms with E-state index in [0.29, 0.717) is 6.61 Å². The van der Waals surface area contributed by atoms with Crippen LogP contribution in [-0.2, 0) is 9.09 Å². The zero-order valence-corrected chi connectivity index (χ0v) is 16.2. The molecule has 132 valence electrons. The lowest BCUT2D eigenvalue weighted by Crippen LogP contribution is -2.13. The lowest BCUT2D eigenvalue weighted by molar-refractivity contribution is 0.336. The van der Waals surface area contributed by atoms with Gasteiger partial charge in [0.2, 0.25) is 0 Å². The topological polar surface area (TPSA) is 38.3 Å². The lowest BCUT2D eigenvalue weighted by atomic mass is 9.99. The van der Waals surface area contributed by atoms with E-state index in [0.717, 1.165) is 11.3 Å². The minimum Gasteiger partial charge on any atom is -0.369 e. The Morgan fingerprint density at radius 2 is 1.60 bits per heavy atom. The summed E-state index contributed by atoms with van der Waals surface area (Å²) in [7, 11) is -3.29. The molecule has 25 heavy (non-hydrogen) atoms. The van der Waals surface area contributed by atoms with Gasteiger partial charge in [0.25, 0.3) is 7.37 Å². The molecule has 3 nitrogen and oxygen atoms in total. The predicted molar refractivity (Wildman–Crippen MR) is 106 cm³/mol. The van der Waals surface area contributed by atoms with E-state index in [1.165, 1.54) is 0 Å². The van der Waals surface area contributed by atoms with Crippen molar-refractivity contribution in [3.63, 3.8) is 0 Å². The SMILES string of the molecule is CCO[P@@](=O)(C#CC(C)(C)C)[C@H](Nc1ccccc1)c1ccccc1. The molecule has 0 unspecified atom stereocenters. The molecule has 1 N–H and O–H groups in total. The Labute approximate surface area is 151 Å². The van der Waals surface area contributed by atoms with Crippen LogP contribution in [0.5, 0.6) is 0 Å². The van der Waals surface area contributed by atoms with Crippen LogP contribution in [0.1, 0.15) is 39.0 Å². The fourth-order valence-electron chi connectivity index (χ4n) is 2.30. The molecule has 2 rings (SSSR count). The van der Waals surface area contributed by atoms with Gasteiger partial charge in [-0.25, -0.2) is 0 Å². The second-order valence-electron chi connectivity index (χ2n) is 6.83. The predicted octanol–water partition coefficient (Wildman–Crippen LogP) is 6.12. The maximum Gasteiger partial charge on any atom is 0.299 e. The highest BCUT2D eigenvalue weighted by molar-refractivity contribution is 7.64. The van der Waals surface area contributed by atoms with E-state index >= 15 is 0 Å². The average molecular weight is 355 g/mol. The van der Waals surface area contributed by atoms with Crippen molar-refractivity contribution in [2.45, 2.75) is 33.5 Å². The smallest absolute Gasteiger partial charge is 0.299 e. The lowest BCUT2D eigenvalue weighted by Gasteiger charge is -2.26. The van der Waals surface area contributed by atoms with Crippen LogP contribution < -0.4 is 5.32 Å². The third-order valence-corrected chi connectivity index (χ3v) is 5.61. The third-order valence-electron chi connectivity index (χ3n) is 3.44. The molecule has 0 bridgehead atoms. The van der Waals surface area contributed by atoms with Gasteiger partial charge < -0.3 is 9.84 Å². The van der Waals surface area contributed by atoms with Gasteiger partial charge in [0, 0.05) is 11.1 Å². The first-order valence-electron chi connectivity index (χ1n) is 8.49. The second kappa shape index (κ2) is 8.39. The molecule has 0 aliphatic heterocycles. The maximum absolute atomic E-state index is 13.7. The Bertz CT molecular complexity index is 770. The monoisotopic (exact) mass is 355 g/mol. The molecular weight excluding hydrogens is 329 g/mol. The van der Waals surface area contributed by atoms with Gasteiger partial charge in [-0.15, -0.1) is 0 Å². The van der Waals surface area contributed by atoms with E-state index in [4.69, 9.17) is 4.52 Å². The molecular formula is C21H26NO2P. The molecule has 4 heteroatoms. The average Bonchev–Trinajstić information content (AvgIpc) is 2.59. The first kappa shape index (κ1) is 19.3. The molecule has 0 saturated carbocycles. The quantitative estimate of drug-likeness (QED) is 0.501. The van der Waals surface area contributed by atoms with Crippen LogP contribution in [0.15, 0.2) is 60.7 Å². The fraction of sp³-hybridized carbons (Fsp3) is 0.333. The Morgan fingerprint density at radius 3 is 2.12 bits per heavy atom. The van der Waals surface area contributed by atoms with Gasteiger partial charge in [0.05, 0.1) is 6.61 Å². The number of benzene rings is 2. The van der Waals surface area contributed by atoms with Crippen LogP contribution in [0.4, 0.5) is 5.69 Å². The zero-order chi connectivity index (χ0) is 18.3. The molecule has 0 aromatic heterocycles. The molecule has 0 saturated heterocycles. The number of anilines is 1. The molecule has 2 atom stereocenters. The van der Waals surface area contributed by atoms with Crippen LogP contribution >= 0.6 is 7.37 Å². The standard InChI is InChI=1S/C21H26NO2P/c1-5-24-25(23,17-16-21(2,3)4)20(18-12-8-6-9-13-18)22-19-14-10-7-11-15-19/h6-15,20,22H,5H2,1-4H3/t20-,25-/m0/s1. The van der Waals surface area contributed by atoms with E-state index in [-0.39, 0.29) is 5.41 Å². The second-order valence-corrected chi connectivity index (χ2v) is 9.02. The summed E-state index contributed by atoms with van der Waals surface area (Å²) in [5, 5.41) is 3.37. The number of para-hydroxylation sites is 1. The molecule has 0 heterocycles. The van der Waals surface area contributed by atoms with Crippen LogP contribution in [0.25, 0.3) is 0 Å². The van der Waals surface area contributed by atoms with Crippen molar-refractivity contribution in [1.29, 1.82) is 0 Å². The Kier molecular flexibility index (Phi) is 6.48. The Hall–Kier alpha value is -2.01. The van der Waals surface area contributed by atoms with Gasteiger partial charge >= 0.3 is 0 Å². The Morgan fingerprint density at radius 1 is 1.04 bits per heavy atom. The van der Waals surface area contributed by atoms with Gasteiger partial charge in [0.15, 0.2) is 0 Å². The minimum absolute atomic E-state index is 0.249. The van der Waals surface area contributed by atoms with Crippen molar-refractivity contribution in [2.75, 3.05) is 11.9 Å². The van der Waals surface area contributed by atoms with Crippen molar-refractivity contribution in [2.24, 2.45) is 5.41 Å². The van der Waals surface area contributed by atoms with Crippen LogP contribution in [0, 0.1) is 17.0 Å². The van der Waals surface area contributed by atoms with Crippen LogP contribution in [-0.4, -0.2) is 6.61 Å². The molecule has 0 radical (unpaired) electrons. The third kappa shape index (κ3) is 5.78. The highest BCUT2D eigenvalue weighted by Gasteiger charge is 2.34. The van der Waals surface area contributed by atoms with Gasteiger partial charge in [-0.2, -0.15) is 0 Å². The number of hydrogen-bond acceptors (Lipinski definition) is 3. The van der Waals surface area contributed by atoms with E-state index in [1.54, 1.807) is 0 Å². The molecule has 0 fully saturated rings. The summed E-state index contributed by atoms with van der Waals surface area (Å²) < 4.78 is 19.4. The summed E-state index contributed by atoms with van der Waals surface area (Å²) in [6.07, 6.45) is 0. The normalized spacial score (nSPS) is 14.7. The zero-order valence-electron chi connectivity index (χ0n) is 15.3. The largest absolute Gasteiger partial charge is 0.369 e. The molecule has 0 amide bonds. The first-order chi connectivity index (χ1) is 11.8. The van der Waals surface area contributed by atoms with E-state index in [9.17, 15) is 4.57 Å². The molecule has 2 aromatic carbocycles. The Balaban J connectivity index is 2.50. The highest BCUT2D eigenvalue weighted by Crippen LogP contribution is 2.59. The minimum atomic E-state index is -3.29. The van der Waals surface area contributed by atoms with E-state index in [2.05, 4.69) is 16.9 Å². The molecule has 2 aromatic rings. The van der Waals surface area contributed by atoms with Crippen LogP contribution in [0.3, 0.4) is 0 Å². The maximum atomic E-state index is 13.7. The van der Waals surface area contributed by atoms with Crippen molar-refractivity contribution in [1.82, 2.24) is 0 Å². The summed E-state index contributed by atoms with van der Waals surface area (Å²) in [6.45, 7) is 8.18. The highest BCUT2D eigenvalue weighted by atomic mass is 31.2. The van der Waals surface area contributed by atoms with Gasteiger partial charge in [0.1, 0.15) is 5.78 Å². The summed E-state index contributed by atoms with van der Waals surface area (Å²) in [5.41, 5.74) is 4.51. The van der Waals surface area contributed by atoms with Gasteiger partial charge in [-0.3, -0.25) is 4.57 Å². The summed E-state index contributed by atoms with van der Waals surface area (Å²) in [6, 6.07) is 19.4. The van der Waals surface area contributed by atoms with Crippen molar-refractivity contribution in [3.8, 4) is 11.6 Å². The van der Waals surface area contributed by atoms with Crippen molar-refractivity contribution >= 4 is 13.1 Å².